The van der Waals surface area contributed by atoms with E-state index in [1.165, 1.54) is 0 Å². The van der Waals surface area contributed by atoms with Crippen molar-refractivity contribution in [2.24, 2.45) is 0 Å². The Kier molecular flexibility index (Phi) is 9.46. The predicted molar refractivity (Wildman–Crippen MR) is 155 cm³/mol. The molecule has 0 saturated heterocycles. The van der Waals surface area contributed by atoms with Crippen LogP contribution in [0.4, 0.5) is 0 Å². The quantitative estimate of drug-likeness (QED) is 0.181. The molecule has 1 heterocycles. The van der Waals surface area contributed by atoms with Gasteiger partial charge < -0.3 is 19.1 Å². The minimum atomic E-state index is -0.981. The molecule has 0 spiro atoms. The molecule has 0 aliphatic carbocycles. The lowest BCUT2D eigenvalue weighted by molar-refractivity contribution is 0.0697. The van der Waals surface area contributed by atoms with Gasteiger partial charge in [-0.1, -0.05) is 89.7 Å². The number of halogens is 4. The zero-order valence-corrected chi connectivity index (χ0v) is 23.9. The molecule has 10 heteroatoms. The van der Waals surface area contributed by atoms with Crippen LogP contribution in [-0.4, -0.2) is 16.2 Å². The maximum absolute atomic E-state index is 11.2. The van der Waals surface area contributed by atoms with Crippen molar-refractivity contribution >= 4 is 64.5 Å². The average molecular weight is 607 g/mol. The molecule has 0 amide bonds. The number of hydrogen-bond acceptors (Lipinski definition) is 5. The molecule has 0 fully saturated rings. The van der Waals surface area contributed by atoms with Crippen LogP contribution in [0.2, 0.25) is 20.1 Å². The molecule has 0 unspecified atom stereocenters. The van der Waals surface area contributed by atoms with Crippen LogP contribution in [0.15, 0.2) is 59.1 Å². The van der Waals surface area contributed by atoms with Crippen LogP contribution >= 0.6 is 46.4 Å². The lowest BCUT2D eigenvalue weighted by Crippen LogP contribution is -2.05. The third-order valence-electron chi connectivity index (χ3n) is 5.68. The Labute approximate surface area is 245 Å². The van der Waals surface area contributed by atoms with Crippen LogP contribution in [-0.2, 0) is 13.2 Å². The molecule has 1 aromatic heterocycles. The number of aromatic carboxylic acids is 1. The molecule has 3 aromatic carbocycles. The highest BCUT2D eigenvalue weighted by Gasteiger charge is 2.21. The van der Waals surface area contributed by atoms with E-state index in [0.717, 1.165) is 16.7 Å². The molecule has 4 aromatic rings. The fourth-order valence-electron chi connectivity index (χ4n) is 3.74. The molecule has 0 aliphatic rings. The topological polar surface area (TPSA) is 81.8 Å². The second-order valence-electron chi connectivity index (χ2n) is 8.85. The zero-order valence-electron chi connectivity index (χ0n) is 20.9. The Balaban J connectivity index is 1.47. The number of carboxylic acids is 1. The highest BCUT2D eigenvalue weighted by Crippen LogP contribution is 2.37. The van der Waals surface area contributed by atoms with Crippen LogP contribution in [0, 0.1) is 0 Å². The van der Waals surface area contributed by atoms with Crippen molar-refractivity contribution in [3.8, 4) is 11.5 Å². The zero-order chi connectivity index (χ0) is 28.1. The summed E-state index contributed by atoms with van der Waals surface area (Å²) in [6.07, 6.45) is 3.61. The van der Waals surface area contributed by atoms with E-state index in [0.29, 0.717) is 33.0 Å². The van der Waals surface area contributed by atoms with Gasteiger partial charge in [-0.2, -0.15) is 0 Å². The summed E-state index contributed by atoms with van der Waals surface area (Å²) in [6, 6.07) is 15.1. The first-order valence-electron chi connectivity index (χ1n) is 11.8. The van der Waals surface area contributed by atoms with Crippen LogP contribution in [0.3, 0.4) is 0 Å². The maximum atomic E-state index is 11.2. The Morgan fingerprint density at radius 1 is 0.949 bits per heavy atom. The first-order chi connectivity index (χ1) is 18.6. The fraction of sp³-hybridized carbons (Fsp3) is 0.172. The Morgan fingerprint density at radius 2 is 1.69 bits per heavy atom. The van der Waals surface area contributed by atoms with E-state index in [1.807, 2.05) is 32.1 Å². The van der Waals surface area contributed by atoms with Crippen molar-refractivity contribution in [1.82, 2.24) is 5.16 Å². The van der Waals surface area contributed by atoms with Gasteiger partial charge in [-0.3, -0.25) is 0 Å². The van der Waals surface area contributed by atoms with Gasteiger partial charge in [0.25, 0.3) is 0 Å². The Hall–Kier alpha value is -3.16. The molecule has 39 heavy (non-hydrogen) atoms. The van der Waals surface area contributed by atoms with Crippen molar-refractivity contribution in [3.63, 3.8) is 0 Å². The fourth-order valence-corrected chi connectivity index (χ4v) is 4.90. The first kappa shape index (κ1) is 28.8. The summed E-state index contributed by atoms with van der Waals surface area (Å²) in [5.74, 6) is 0.607. The van der Waals surface area contributed by atoms with Gasteiger partial charge in [0.1, 0.15) is 30.4 Å². The van der Waals surface area contributed by atoms with E-state index in [2.05, 4.69) is 5.16 Å². The van der Waals surface area contributed by atoms with Crippen molar-refractivity contribution in [2.75, 3.05) is 0 Å². The number of hydrogen-bond donors (Lipinski definition) is 1. The number of ether oxygens (including phenoxy) is 2. The van der Waals surface area contributed by atoms with Crippen LogP contribution in [0.25, 0.3) is 12.2 Å². The van der Waals surface area contributed by atoms with Gasteiger partial charge in [0.2, 0.25) is 0 Å². The number of nitrogens with zero attached hydrogens (tertiary/aromatic N) is 1. The largest absolute Gasteiger partial charge is 0.489 e. The third-order valence-corrected chi connectivity index (χ3v) is 6.79. The van der Waals surface area contributed by atoms with E-state index >= 15 is 0 Å². The average Bonchev–Trinajstić information content (AvgIpc) is 3.29. The summed E-state index contributed by atoms with van der Waals surface area (Å²) in [7, 11) is 0. The van der Waals surface area contributed by atoms with E-state index in [1.54, 1.807) is 48.5 Å². The van der Waals surface area contributed by atoms with Crippen molar-refractivity contribution in [1.29, 1.82) is 0 Å². The number of rotatable bonds is 10. The van der Waals surface area contributed by atoms with Gasteiger partial charge in [0.15, 0.2) is 5.75 Å². The number of carbonyl (C=O) groups is 1. The third kappa shape index (κ3) is 7.28. The molecule has 0 saturated carbocycles. The molecule has 0 atom stereocenters. The molecule has 0 bridgehead atoms. The second kappa shape index (κ2) is 12.8. The Morgan fingerprint density at radius 3 is 2.36 bits per heavy atom. The van der Waals surface area contributed by atoms with Crippen LogP contribution in [0.5, 0.6) is 11.5 Å². The SMILES string of the molecule is CC(C)c1onc(COc2c(Cl)cc(Cl)cc2Cl)c1COc1ccc(/C=C/c2cccc(C(=O)O)c2)c(Cl)c1. The van der Waals surface area contributed by atoms with Crippen molar-refractivity contribution in [2.45, 2.75) is 33.0 Å². The van der Waals surface area contributed by atoms with E-state index in [9.17, 15) is 9.90 Å². The lowest BCUT2D eigenvalue weighted by Gasteiger charge is -2.12. The summed E-state index contributed by atoms with van der Waals surface area (Å²) >= 11 is 25.0. The highest BCUT2D eigenvalue weighted by molar-refractivity contribution is 6.40. The molecule has 202 valence electrons. The number of aromatic nitrogens is 1. The Bertz CT molecular complexity index is 1510. The van der Waals surface area contributed by atoms with Crippen LogP contribution in [0.1, 0.15) is 58.3 Å². The normalized spacial score (nSPS) is 11.4. The summed E-state index contributed by atoms with van der Waals surface area (Å²) in [6.45, 7) is 4.21. The molecule has 0 aliphatic heterocycles. The van der Waals surface area contributed by atoms with Crippen molar-refractivity contribution < 1.29 is 23.9 Å². The molecule has 6 nitrogen and oxygen atoms in total. The minimum Gasteiger partial charge on any atom is -0.489 e. The molecule has 4 rings (SSSR count). The van der Waals surface area contributed by atoms with Gasteiger partial charge in [-0.25, -0.2) is 4.79 Å². The second-order valence-corrected chi connectivity index (χ2v) is 10.5. The van der Waals surface area contributed by atoms with Gasteiger partial charge in [0.05, 0.1) is 26.2 Å². The van der Waals surface area contributed by atoms with E-state index in [-0.39, 0.29) is 34.7 Å². The summed E-state index contributed by atoms with van der Waals surface area (Å²) in [5.41, 5.74) is 3.02. The monoisotopic (exact) mass is 605 g/mol. The van der Waals surface area contributed by atoms with Gasteiger partial charge >= 0.3 is 5.97 Å². The van der Waals surface area contributed by atoms with Gasteiger partial charge in [-0.05, 0) is 53.6 Å². The highest BCUT2D eigenvalue weighted by atomic mass is 35.5. The van der Waals surface area contributed by atoms with E-state index < -0.39 is 5.97 Å². The van der Waals surface area contributed by atoms with Crippen LogP contribution < -0.4 is 9.47 Å². The first-order valence-corrected chi connectivity index (χ1v) is 13.3. The van der Waals surface area contributed by atoms with Gasteiger partial charge in [-0.15, -0.1) is 0 Å². The summed E-state index contributed by atoms with van der Waals surface area (Å²) in [4.78, 5) is 11.2. The van der Waals surface area contributed by atoms with Crippen molar-refractivity contribution in [3.05, 3.63) is 108 Å². The molecular formula is C29H23Cl4NO5. The summed E-state index contributed by atoms with van der Waals surface area (Å²) < 4.78 is 17.5. The maximum Gasteiger partial charge on any atom is 0.335 e. The van der Waals surface area contributed by atoms with E-state index in [4.69, 9.17) is 60.4 Å². The predicted octanol–water partition coefficient (Wildman–Crippen LogP) is 9.44. The summed E-state index contributed by atoms with van der Waals surface area (Å²) in [5, 5.41) is 14.8. The molecular weight excluding hydrogens is 584 g/mol. The minimum absolute atomic E-state index is 0.0586. The lowest BCUT2D eigenvalue weighted by atomic mass is 10.1. The molecule has 1 N–H and O–H groups in total. The standard InChI is InChI=1S/C29H23Cl4NO5/c1-16(2)27-22(26(34-39-27)15-38-28-24(32)11-20(30)12-25(28)33)14-37-21-9-8-18(23(31)13-21)7-6-17-4-3-5-19(10-17)29(35)36/h3-13,16H,14-15H2,1-2H3,(H,35,36)/b7-6+. The molecule has 0 radical (unpaired) electrons. The smallest absolute Gasteiger partial charge is 0.335 e. The number of benzene rings is 3. The van der Waals surface area contributed by atoms with Gasteiger partial charge in [0, 0.05) is 10.9 Å². The number of carboxylic acid groups (broad SMARTS) is 1.